The van der Waals surface area contributed by atoms with E-state index in [1.54, 1.807) is 0 Å². The zero-order chi connectivity index (χ0) is 12.3. The van der Waals surface area contributed by atoms with Gasteiger partial charge in [0.15, 0.2) is 0 Å². The fourth-order valence-electron chi connectivity index (χ4n) is 2.33. The Morgan fingerprint density at radius 3 is 2.59 bits per heavy atom. The predicted molar refractivity (Wildman–Crippen MR) is 70.3 cm³/mol. The summed E-state index contributed by atoms with van der Waals surface area (Å²) in [5.74, 6) is 1.42. The number of nitrogen functional groups attached to an aromatic ring is 1. The average molecular weight is 235 g/mol. The maximum atomic E-state index is 5.81. The molecule has 2 rings (SSSR count). The van der Waals surface area contributed by atoms with Gasteiger partial charge in [0.05, 0.1) is 5.69 Å². The number of hydrogen-bond donors (Lipinski definition) is 2. The molecule has 0 bridgehead atoms. The van der Waals surface area contributed by atoms with E-state index in [1.165, 1.54) is 5.56 Å². The number of fused-ring (bicyclic) bond motifs is 1. The Bertz CT molecular complexity index is 387. The zero-order valence-corrected chi connectivity index (χ0v) is 10.7. The lowest BCUT2D eigenvalue weighted by atomic mass is 10.1. The van der Waals surface area contributed by atoms with Gasteiger partial charge in [-0.1, -0.05) is 0 Å². The minimum absolute atomic E-state index is 0.396. The molecule has 1 aromatic heterocycles. The molecular formula is C12H21N5. The molecule has 0 amide bonds. The lowest BCUT2D eigenvalue weighted by molar-refractivity contribution is 0.708. The molecule has 0 spiro atoms. The molecule has 0 saturated carbocycles. The van der Waals surface area contributed by atoms with Crippen LogP contribution in [-0.2, 0) is 12.8 Å². The predicted octanol–water partition coefficient (Wildman–Crippen LogP) is 0.593. The summed E-state index contributed by atoms with van der Waals surface area (Å²) in [7, 11) is 0. The van der Waals surface area contributed by atoms with Crippen molar-refractivity contribution in [1.82, 2.24) is 15.3 Å². The summed E-state index contributed by atoms with van der Waals surface area (Å²) in [6.07, 6.45) is 1.93. The highest BCUT2D eigenvalue weighted by Crippen LogP contribution is 2.23. The van der Waals surface area contributed by atoms with Gasteiger partial charge in [-0.2, -0.15) is 4.98 Å². The molecule has 0 atom stereocenters. The molecule has 1 aromatic rings. The Hall–Kier alpha value is -1.36. The van der Waals surface area contributed by atoms with E-state index in [2.05, 4.69) is 34.0 Å². The summed E-state index contributed by atoms with van der Waals surface area (Å²) in [6.45, 7) is 8.15. The molecule has 5 nitrogen and oxygen atoms in total. The summed E-state index contributed by atoms with van der Waals surface area (Å²) in [6, 6.07) is 0. The van der Waals surface area contributed by atoms with Gasteiger partial charge >= 0.3 is 0 Å². The first-order chi connectivity index (χ1) is 8.26. The molecule has 0 radical (unpaired) electrons. The van der Waals surface area contributed by atoms with Crippen molar-refractivity contribution in [2.75, 3.05) is 36.8 Å². The zero-order valence-electron chi connectivity index (χ0n) is 10.7. The highest BCUT2D eigenvalue weighted by molar-refractivity contribution is 5.52. The van der Waals surface area contributed by atoms with Crippen molar-refractivity contribution in [2.45, 2.75) is 26.7 Å². The van der Waals surface area contributed by atoms with Crippen LogP contribution in [0, 0.1) is 0 Å². The molecule has 0 saturated heterocycles. The minimum atomic E-state index is 0.396. The molecule has 1 aliphatic heterocycles. The number of nitrogens with two attached hydrogens (primary N) is 1. The Morgan fingerprint density at radius 1 is 1.18 bits per heavy atom. The molecule has 3 N–H and O–H groups in total. The van der Waals surface area contributed by atoms with Crippen LogP contribution in [0.5, 0.6) is 0 Å². The van der Waals surface area contributed by atoms with E-state index in [-0.39, 0.29) is 0 Å². The number of anilines is 2. The van der Waals surface area contributed by atoms with Gasteiger partial charge in [0, 0.05) is 31.6 Å². The van der Waals surface area contributed by atoms with Crippen LogP contribution in [0.25, 0.3) is 0 Å². The standard InChI is InChI=1S/C12H21N5/c1-3-17(4-2)11-9-5-7-14-8-6-10(9)15-12(13)16-11/h14H,3-8H2,1-2H3,(H2,13,15,16). The topological polar surface area (TPSA) is 67.1 Å². The third-order valence-electron chi connectivity index (χ3n) is 3.24. The van der Waals surface area contributed by atoms with Crippen molar-refractivity contribution < 1.29 is 0 Å². The molecular weight excluding hydrogens is 214 g/mol. The Balaban J connectivity index is 2.46. The smallest absolute Gasteiger partial charge is 0.222 e. The largest absolute Gasteiger partial charge is 0.368 e. The summed E-state index contributed by atoms with van der Waals surface area (Å²) in [5, 5.41) is 3.39. The molecule has 94 valence electrons. The number of nitrogens with zero attached hydrogens (tertiary/aromatic N) is 3. The second-order valence-corrected chi connectivity index (χ2v) is 4.25. The summed E-state index contributed by atoms with van der Waals surface area (Å²) >= 11 is 0. The quantitative estimate of drug-likeness (QED) is 0.803. The first-order valence-electron chi connectivity index (χ1n) is 6.37. The van der Waals surface area contributed by atoms with Crippen LogP contribution in [0.4, 0.5) is 11.8 Å². The van der Waals surface area contributed by atoms with Crippen molar-refractivity contribution in [3.05, 3.63) is 11.3 Å². The van der Waals surface area contributed by atoms with E-state index in [9.17, 15) is 0 Å². The van der Waals surface area contributed by atoms with Gasteiger partial charge in [0.1, 0.15) is 5.82 Å². The van der Waals surface area contributed by atoms with Crippen LogP contribution in [0.15, 0.2) is 0 Å². The number of nitrogens with one attached hydrogen (secondary N) is 1. The highest BCUT2D eigenvalue weighted by Gasteiger charge is 2.18. The van der Waals surface area contributed by atoms with Gasteiger partial charge in [0.25, 0.3) is 0 Å². The normalized spacial score (nSPS) is 15.2. The monoisotopic (exact) mass is 235 g/mol. The molecule has 0 aromatic carbocycles. The van der Waals surface area contributed by atoms with Gasteiger partial charge in [-0.15, -0.1) is 0 Å². The number of aromatic nitrogens is 2. The van der Waals surface area contributed by atoms with Crippen LogP contribution in [0.1, 0.15) is 25.1 Å². The molecule has 0 unspecified atom stereocenters. The molecule has 2 heterocycles. The van der Waals surface area contributed by atoms with Gasteiger partial charge in [0.2, 0.25) is 5.95 Å². The van der Waals surface area contributed by atoms with Crippen LogP contribution in [0.3, 0.4) is 0 Å². The SMILES string of the molecule is CCN(CC)c1nc(N)nc2c1CCNCC2. The lowest BCUT2D eigenvalue weighted by Gasteiger charge is -2.23. The van der Waals surface area contributed by atoms with Gasteiger partial charge in [-0.3, -0.25) is 0 Å². The average Bonchev–Trinajstić information content (AvgIpc) is 2.55. The summed E-state index contributed by atoms with van der Waals surface area (Å²) in [5.41, 5.74) is 8.20. The second kappa shape index (κ2) is 5.31. The highest BCUT2D eigenvalue weighted by atomic mass is 15.2. The third kappa shape index (κ3) is 2.49. The summed E-state index contributed by atoms with van der Waals surface area (Å²) in [4.78, 5) is 11.1. The Kier molecular flexibility index (Phi) is 3.78. The van der Waals surface area contributed by atoms with Crippen molar-refractivity contribution in [3.8, 4) is 0 Å². The van der Waals surface area contributed by atoms with Gasteiger partial charge < -0.3 is 16.0 Å². The van der Waals surface area contributed by atoms with E-state index in [0.29, 0.717) is 5.95 Å². The van der Waals surface area contributed by atoms with Crippen LogP contribution >= 0.6 is 0 Å². The second-order valence-electron chi connectivity index (χ2n) is 4.25. The van der Waals surface area contributed by atoms with Crippen LogP contribution in [0.2, 0.25) is 0 Å². The maximum absolute atomic E-state index is 5.81. The lowest BCUT2D eigenvalue weighted by Crippen LogP contribution is -2.26. The fraction of sp³-hybridized carbons (Fsp3) is 0.667. The van der Waals surface area contributed by atoms with E-state index >= 15 is 0 Å². The van der Waals surface area contributed by atoms with Gasteiger partial charge in [-0.25, -0.2) is 4.98 Å². The van der Waals surface area contributed by atoms with Crippen LogP contribution < -0.4 is 16.0 Å². The molecule has 0 aliphatic carbocycles. The van der Waals surface area contributed by atoms with E-state index < -0.39 is 0 Å². The van der Waals surface area contributed by atoms with Gasteiger partial charge in [-0.05, 0) is 26.8 Å². The van der Waals surface area contributed by atoms with E-state index in [4.69, 9.17) is 5.73 Å². The van der Waals surface area contributed by atoms with Crippen LogP contribution in [-0.4, -0.2) is 36.1 Å². The van der Waals surface area contributed by atoms with Crippen molar-refractivity contribution in [1.29, 1.82) is 0 Å². The number of hydrogen-bond acceptors (Lipinski definition) is 5. The Morgan fingerprint density at radius 2 is 1.88 bits per heavy atom. The third-order valence-corrected chi connectivity index (χ3v) is 3.24. The minimum Gasteiger partial charge on any atom is -0.368 e. The van der Waals surface area contributed by atoms with Crippen molar-refractivity contribution in [2.24, 2.45) is 0 Å². The van der Waals surface area contributed by atoms with Crippen molar-refractivity contribution in [3.63, 3.8) is 0 Å². The molecule has 1 aliphatic rings. The first kappa shape index (κ1) is 12.1. The van der Waals surface area contributed by atoms with E-state index in [1.807, 2.05) is 0 Å². The number of rotatable bonds is 3. The first-order valence-corrected chi connectivity index (χ1v) is 6.37. The van der Waals surface area contributed by atoms with E-state index in [0.717, 1.165) is 50.5 Å². The molecule has 17 heavy (non-hydrogen) atoms. The fourth-order valence-corrected chi connectivity index (χ4v) is 2.33. The summed E-state index contributed by atoms with van der Waals surface area (Å²) < 4.78 is 0. The molecule has 5 heteroatoms. The molecule has 0 fully saturated rings. The Labute approximate surface area is 102 Å². The maximum Gasteiger partial charge on any atom is 0.222 e. The van der Waals surface area contributed by atoms with Crippen molar-refractivity contribution >= 4 is 11.8 Å².